The van der Waals surface area contributed by atoms with Gasteiger partial charge < -0.3 is 5.32 Å². The van der Waals surface area contributed by atoms with Crippen molar-refractivity contribution in [3.63, 3.8) is 0 Å². The van der Waals surface area contributed by atoms with Crippen LogP contribution in [-0.4, -0.2) is 57.9 Å². The summed E-state index contributed by atoms with van der Waals surface area (Å²) in [7, 11) is 0. The molecule has 4 nitrogen and oxygen atoms in total. The fourth-order valence-electron chi connectivity index (χ4n) is 1.90. The summed E-state index contributed by atoms with van der Waals surface area (Å²) in [5.74, 6) is -0.501. The van der Waals surface area contributed by atoms with Crippen LogP contribution >= 0.6 is 12.2 Å². The average Bonchev–Trinajstić information content (AvgIpc) is 2.26. The predicted molar refractivity (Wildman–Crippen MR) is 71.4 cm³/mol. The Hall–Kier alpha value is -0.230. The molecule has 1 fully saturated rings. The summed E-state index contributed by atoms with van der Waals surface area (Å²) in [5.41, 5.74) is -0.967. The van der Waals surface area contributed by atoms with E-state index in [9.17, 15) is 9.59 Å². The number of hydrogen-bond acceptors (Lipinski definition) is 3. The topological polar surface area (TPSA) is 49.4 Å². The third-order valence-electron chi connectivity index (χ3n) is 3.07. The van der Waals surface area contributed by atoms with Crippen LogP contribution in [0, 0.1) is 5.41 Å². The monoisotopic (exact) mass is 263 g/mol. The first-order valence-corrected chi connectivity index (χ1v) is 5.72. The molecule has 1 saturated heterocycles. The minimum Gasteiger partial charge on any atom is -0.302 e. The first-order valence-electron chi connectivity index (χ1n) is 5.31. The molecule has 1 aliphatic heterocycles. The molecule has 6 heteroatoms. The summed E-state index contributed by atoms with van der Waals surface area (Å²) in [6, 6.07) is 0. The minimum absolute atomic E-state index is 0. The van der Waals surface area contributed by atoms with Crippen LogP contribution in [0.3, 0.4) is 0 Å². The van der Waals surface area contributed by atoms with Gasteiger partial charge in [0.25, 0.3) is 0 Å². The molecule has 0 aliphatic carbocycles. The number of rotatable bonds is 4. The molecule has 0 aromatic heterocycles. The van der Waals surface area contributed by atoms with Crippen LogP contribution in [0.2, 0.25) is 0 Å². The van der Waals surface area contributed by atoms with E-state index in [1.54, 1.807) is 6.08 Å². The smallest absolute Gasteiger partial charge is 0.244 e. The molecular formula is C11H16N2NaO2S. The summed E-state index contributed by atoms with van der Waals surface area (Å²) in [6.07, 6.45) is 2.55. The number of thiocarbonyl (C=S) groups is 1. The van der Waals surface area contributed by atoms with E-state index in [4.69, 9.17) is 12.2 Å². The standard InChI is InChI=1S/C11H16N2O2S.Na/c1-4-7-13-9(15)11(5-2,6-3)8(14)12-10(13)16;/h4H,1,5-7H2,2-3H3,(H,12,14,16);. The third-order valence-corrected chi connectivity index (χ3v) is 3.40. The van der Waals surface area contributed by atoms with E-state index in [0.717, 1.165) is 0 Å². The van der Waals surface area contributed by atoms with Crippen LogP contribution in [-0.2, 0) is 9.59 Å². The summed E-state index contributed by atoms with van der Waals surface area (Å²) in [6.45, 7) is 7.58. The second-order valence-corrected chi connectivity index (χ2v) is 4.14. The zero-order valence-electron chi connectivity index (χ0n) is 10.6. The Morgan fingerprint density at radius 1 is 1.41 bits per heavy atom. The summed E-state index contributed by atoms with van der Waals surface area (Å²) >= 11 is 4.97. The number of carbonyl (C=O) groups is 2. The quantitative estimate of drug-likeness (QED) is 0.354. The molecule has 0 saturated carbocycles. The van der Waals surface area contributed by atoms with Crippen molar-refractivity contribution >= 4 is 58.7 Å². The van der Waals surface area contributed by atoms with Crippen LogP contribution < -0.4 is 5.32 Å². The second kappa shape index (κ2) is 6.64. The SMILES string of the molecule is C=CCN1C(=O)C(CC)(CC)C(=O)NC1=S.[Na]. The van der Waals surface area contributed by atoms with Crippen LogP contribution in [0.1, 0.15) is 26.7 Å². The maximum absolute atomic E-state index is 12.3. The summed E-state index contributed by atoms with van der Waals surface area (Å²) in [4.78, 5) is 25.5. The summed E-state index contributed by atoms with van der Waals surface area (Å²) < 4.78 is 0. The van der Waals surface area contributed by atoms with Crippen molar-refractivity contribution in [3.05, 3.63) is 12.7 Å². The zero-order valence-corrected chi connectivity index (χ0v) is 13.4. The van der Waals surface area contributed by atoms with Crippen LogP contribution in [0.5, 0.6) is 0 Å². The molecule has 2 amide bonds. The first kappa shape index (κ1) is 16.8. The van der Waals surface area contributed by atoms with Crippen molar-refractivity contribution in [2.75, 3.05) is 6.54 Å². The van der Waals surface area contributed by atoms with Gasteiger partial charge in [0.1, 0.15) is 5.41 Å². The van der Waals surface area contributed by atoms with Crippen molar-refractivity contribution in [1.29, 1.82) is 0 Å². The molecule has 89 valence electrons. The number of amides is 2. The van der Waals surface area contributed by atoms with Crippen molar-refractivity contribution in [2.24, 2.45) is 5.41 Å². The van der Waals surface area contributed by atoms with E-state index in [-0.39, 0.29) is 46.5 Å². The van der Waals surface area contributed by atoms with E-state index in [1.807, 2.05) is 13.8 Å². The van der Waals surface area contributed by atoms with Gasteiger partial charge in [0.2, 0.25) is 11.8 Å². The van der Waals surface area contributed by atoms with Gasteiger partial charge in [0, 0.05) is 36.1 Å². The number of nitrogens with zero attached hydrogens (tertiary/aromatic N) is 1. The largest absolute Gasteiger partial charge is 0.302 e. The number of hydrogen-bond donors (Lipinski definition) is 1. The third kappa shape index (κ3) is 2.78. The Morgan fingerprint density at radius 2 is 1.94 bits per heavy atom. The average molecular weight is 263 g/mol. The Kier molecular flexibility index (Phi) is 6.55. The molecule has 1 rings (SSSR count). The molecule has 0 bridgehead atoms. The van der Waals surface area contributed by atoms with E-state index in [0.29, 0.717) is 19.4 Å². The van der Waals surface area contributed by atoms with Crippen LogP contribution in [0.25, 0.3) is 0 Å². The Labute approximate surface area is 129 Å². The van der Waals surface area contributed by atoms with Gasteiger partial charge in [-0.05, 0) is 25.1 Å². The number of carbonyl (C=O) groups excluding carboxylic acids is 2. The second-order valence-electron chi connectivity index (χ2n) is 3.75. The summed E-state index contributed by atoms with van der Waals surface area (Å²) in [5, 5.41) is 2.76. The van der Waals surface area contributed by atoms with Crippen molar-refractivity contribution < 1.29 is 9.59 Å². The molecule has 1 heterocycles. The Balaban J connectivity index is 0.00000256. The maximum Gasteiger partial charge on any atom is 0.244 e. The van der Waals surface area contributed by atoms with Crippen molar-refractivity contribution in [1.82, 2.24) is 10.2 Å². The molecular weight excluding hydrogens is 247 g/mol. The van der Waals surface area contributed by atoms with E-state index in [2.05, 4.69) is 11.9 Å². The molecule has 1 aliphatic rings. The zero-order chi connectivity index (χ0) is 12.3. The van der Waals surface area contributed by atoms with E-state index < -0.39 is 5.41 Å². The predicted octanol–water partition coefficient (Wildman–Crippen LogP) is 0.841. The first-order chi connectivity index (χ1) is 7.53. The van der Waals surface area contributed by atoms with Crippen molar-refractivity contribution in [3.8, 4) is 0 Å². The Bertz CT molecular complexity index is 353. The van der Waals surface area contributed by atoms with Gasteiger partial charge in [-0.1, -0.05) is 19.9 Å². The van der Waals surface area contributed by atoms with Crippen molar-refractivity contribution in [2.45, 2.75) is 26.7 Å². The van der Waals surface area contributed by atoms with E-state index in [1.165, 1.54) is 4.90 Å². The van der Waals surface area contributed by atoms with Gasteiger partial charge in [0.05, 0.1) is 0 Å². The van der Waals surface area contributed by atoms with Gasteiger partial charge in [-0.3, -0.25) is 14.5 Å². The van der Waals surface area contributed by atoms with E-state index >= 15 is 0 Å². The minimum atomic E-state index is -0.967. The maximum atomic E-state index is 12.3. The molecule has 0 aromatic carbocycles. The Morgan fingerprint density at radius 3 is 2.35 bits per heavy atom. The van der Waals surface area contributed by atoms with Gasteiger partial charge in [0.15, 0.2) is 5.11 Å². The van der Waals surface area contributed by atoms with Crippen LogP contribution in [0.4, 0.5) is 0 Å². The molecule has 0 spiro atoms. The van der Waals surface area contributed by atoms with Crippen LogP contribution in [0.15, 0.2) is 12.7 Å². The van der Waals surface area contributed by atoms with Gasteiger partial charge >= 0.3 is 0 Å². The molecule has 17 heavy (non-hydrogen) atoms. The van der Waals surface area contributed by atoms with Gasteiger partial charge in [-0.25, -0.2) is 0 Å². The molecule has 0 unspecified atom stereocenters. The van der Waals surface area contributed by atoms with Gasteiger partial charge in [-0.15, -0.1) is 6.58 Å². The fourth-order valence-corrected chi connectivity index (χ4v) is 2.15. The van der Waals surface area contributed by atoms with Gasteiger partial charge in [-0.2, -0.15) is 0 Å². The normalized spacial score (nSPS) is 18.5. The number of nitrogens with one attached hydrogen (secondary N) is 1. The molecule has 1 radical (unpaired) electrons. The molecule has 0 atom stereocenters. The molecule has 0 aromatic rings. The molecule has 1 N–H and O–H groups in total. The fraction of sp³-hybridized carbons (Fsp3) is 0.545.